The smallest absolute Gasteiger partial charge is 0.228 e. The molecule has 3 rings (SSSR count). The number of rotatable bonds is 3. The zero-order valence-electron chi connectivity index (χ0n) is 10.7. The van der Waals surface area contributed by atoms with Crippen LogP contribution in [0.2, 0.25) is 0 Å². The predicted octanol–water partition coefficient (Wildman–Crippen LogP) is 2.59. The van der Waals surface area contributed by atoms with Crippen LogP contribution in [0.4, 0.5) is 11.5 Å². The molecule has 0 unspecified atom stereocenters. The van der Waals surface area contributed by atoms with Crippen LogP contribution in [0.25, 0.3) is 11.0 Å². The van der Waals surface area contributed by atoms with E-state index in [1.807, 2.05) is 24.3 Å². The number of anilines is 2. The summed E-state index contributed by atoms with van der Waals surface area (Å²) in [7, 11) is 0. The van der Waals surface area contributed by atoms with Gasteiger partial charge < -0.3 is 15.5 Å². The van der Waals surface area contributed by atoms with Crippen molar-refractivity contribution in [1.29, 1.82) is 0 Å². The van der Waals surface area contributed by atoms with Crippen molar-refractivity contribution in [3.8, 4) is 0 Å². The van der Waals surface area contributed by atoms with Gasteiger partial charge in [0.1, 0.15) is 11.4 Å². The summed E-state index contributed by atoms with van der Waals surface area (Å²) in [6.07, 6.45) is 3.40. The fourth-order valence-corrected chi connectivity index (χ4v) is 2.03. The molecule has 100 valence electrons. The van der Waals surface area contributed by atoms with Gasteiger partial charge in [0.05, 0.1) is 24.6 Å². The third kappa shape index (κ3) is 2.47. The number of nitrogen functional groups attached to an aromatic ring is 1. The van der Waals surface area contributed by atoms with Gasteiger partial charge in [0.2, 0.25) is 5.91 Å². The lowest BCUT2D eigenvalue weighted by Crippen LogP contribution is -2.14. The minimum Gasteiger partial charge on any atom is -0.464 e. The van der Waals surface area contributed by atoms with Gasteiger partial charge in [-0.25, -0.2) is 4.98 Å². The van der Waals surface area contributed by atoms with Crippen molar-refractivity contribution >= 4 is 28.4 Å². The van der Waals surface area contributed by atoms with E-state index in [-0.39, 0.29) is 12.3 Å². The van der Waals surface area contributed by atoms with Crippen LogP contribution in [0.1, 0.15) is 5.56 Å². The van der Waals surface area contributed by atoms with E-state index in [0.717, 1.165) is 16.5 Å². The number of para-hydroxylation sites is 1. The predicted molar refractivity (Wildman–Crippen MR) is 77.2 cm³/mol. The number of nitrogens with one attached hydrogen (secondary N) is 1. The molecule has 1 amide bonds. The Bertz CT molecular complexity index is 747. The molecular weight excluding hydrogens is 254 g/mol. The van der Waals surface area contributed by atoms with Crippen molar-refractivity contribution in [2.24, 2.45) is 0 Å². The Hall–Kier alpha value is -2.82. The molecule has 2 heterocycles. The molecule has 0 aliphatic rings. The van der Waals surface area contributed by atoms with E-state index in [2.05, 4.69) is 10.3 Å². The standard InChI is InChI=1S/C15H13N3O2/c16-14-6-5-11(8-17-14)18-15(19)7-10-9-20-13-4-2-1-3-12(10)13/h1-6,8-9H,7H2,(H2,16,17)(H,18,19). The van der Waals surface area contributed by atoms with Crippen LogP contribution in [0, 0.1) is 0 Å². The number of nitrogens with two attached hydrogens (primary N) is 1. The monoisotopic (exact) mass is 267 g/mol. The van der Waals surface area contributed by atoms with Crippen molar-refractivity contribution in [2.45, 2.75) is 6.42 Å². The molecule has 0 aliphatic heterocycles. The van der Waals surface area contributed by atoms with Gasteiger partial charge in [0, 0.05) is 10.9 Å². The lowest BCUT2D eigenvalue weighted by atomic mass is 10.1. The Balaban J connectivity index is 1.74. The van der Waals surface area contributed by atoms with Gasteiger partial charge in [-0.2, -0.15) is 0 Å². The van der Waals surface area contributed by atoms with E-state index < -0.39 is 0 Å². The first-order valence-corrected chi connectivity index (χ1v) is 6.19. The zero-order chi connectivity index (χ0) is 13.9. The molecule has 0 atom stereocenters. The quantitative estimate of drug-likeness (QED) is 0.764. The van der Waals surface area contributed by atoms with Crippen LogP contribution in [0.5, 0.6) is 0 Å². The molecule has 5 nitrogen and oxygen atoms in total. The first-order chi connectivity index (χ1) is 9.72. The number of fused-ring (bicyclic) bond motifs is 1. The van der Waals surface area contributed by atoms with Crippen LogP contribution in [-0.4, -0.2) is 10.9 Å². The molecule has 3 aromatic rings. The van der Waals surface area contributed by atoms with Gasteiger partial charge in [-0.3, -0.25) is 4.79 Å². The molecule has 2 aromatic heterocycles. The topological polar surface area (TPSA) is 81.1 Å². The molecule has 0 radical (unpaired) electrons. The summed E-state index contributed by atoms with van der Waals surface area (Å²) in [5.74, 6) is 0.298. The Morgan fingerprint density at radius 2 is 2.10 bits per heavy atom. The number of furan rings is 1. The van der Waals surface area contributed by atoms with Gasteiger partial charge in [0.15, 0.2) is 0 Å². The lowest BCUT2D eigenvalue weighted by molar-refractivity contribution is -0.115. The number of benzene rings is 1. The summed E-state index contributed by atoms with van der Waals surface area (Å²) in [5.41, 5.74) is 7.76. The largest absolute Gasteiger partial charge is 0.464 e. The number of pyridine rings is 1. The normalized spacial score (nSPS) is 10.6. The Labute approximate surface area is 115 Å². The first kappa shape index (κ1) is 12.2. The Morgan fingerprint density at radius 1 is 1.25 bits per heavy atom. The number of hydrogen-bond donors (Lipinski definition) is 2. The molecule has 1 aromatic carbocycles. The van der Waals surface area contributed by atoms with Crippen LogP contribution < -0.4 is 11.1 Å². The third-order valence-electron chi connectivity index (χ3n) is 2.98. The number of nitrogens with zero attached hydrogens (tertiary/aromatic N) is 1. The molecule has 20 heavy (non-hydrogen) atoms. The molecule has 0 saturated heterocycles. The van der Waals surface area contributed by atoms with Crippen LogP contribution >= 0.6 is 0 Å². The Kier molecular flexibility index (Phi) is 3.09. The molecule has 0 bridgehead atoms. The van der Waals surface area contributed by atoms with Gasteiger partial charge in [0.25, 0.3) is 0 Å². The van der Waals surface area contributed by atoms with Gasteiger partial charge in [-0.05, 0) is 18.2 Å². The maximum atomic E-state index is 12.0. The highest BCUT2D eigenvalue weighted by Crippen LogP contribution is 2.21. The highest BCUT2D eigenvalue weighted by molar-refractivity contribution is 5.95. The van der Waals surface area contributed by atoms with Gasteiger partial charge >= 0.3 is 0 Å². The van der Waals surface area contributed by atoms with E-state index in [0.29, 0.717) is 11.5 Å². The summed E-state index contributed by atoms with van der Waals surface area (Å²) < 4.78 is 5.41. The van der Waals surface area contributed by atoms with E-state index in [1.54, 1.807) is 18.4 Å². The second-order valence-corrected chi connectivity index (χ2v) is 4.45. The van der Waals surface area contributed by atoms with Crippen molar-refractivity contribution in [3.63, 3.8) is 0 Å². The van der Waals surface area contributed by atoms with Crippen molar-refractivity contribution in [3.05, 3.63) is 54.4 Å². The van der Waals surface area contributed by atoms with E-state index in [9.17, 15) is 4.79 Å². The first-order valence-electron chi connectivity index (χ1n) is 6.19. The van der Waals surface area contributed by atoms with Gasteiger partial charge in [-0.1, -0.05) is 18.2 Å². The fraction of sp³-hybridized carbons (Fsp3) is 0.0667. The van der Waals surface area contributed by atoms with Crippen molar-refractivity contribution in [1.82, 2.24) is 4.98 Å². The maximum Gasteiger partial charge on any atom is 0.228 e. The number of carbonyl (C=O) groups is 1. The average Bonchev–Trinajstić information content (AvgIpc) is 2.85. The second-order valence-electron chi connectivity index (χ2n) is 4.45. The summed E-state index contributed by atoms with van der Waals surface area (Å²) in [6.45, 7) is 0. The molecule has 0 spiro atoms. The summed E-state index contributed by atoms with van der Waals surface area (Å²) in [5, 5.41) is 3.73. The zero-order valence-corrected chi connectivity index (χ0v) is 10.7. The van der Waals surface area contributed by atoms with Crippen LogP contribution in [-0.2, 0) is 11.2 Å². The molecule has 0 fully saturated rings. The number of aromatic nitrogens is 1. The summed E-state index contributed by atoms with van der Waals surface area (Å²) in [6, 6.07) is 11.0. The maximum absolute atomic E-state index is 12.0. The van der Waals surface area contributed by atoms with E-state index in [4.69, 9.17) is 10.2 Å². The van der Waals surface area contributed by atoms with Crippen molar-refractivity contribution < 1.29 is 9.21 Å². The van der Waals surface area contributed by atoms with E-state index in [1.165, 1.54) is 6.20 Å². The summed E-state index contributed by atoms with van der Waals surface area (Å²) in [4.78, 5) is 15.9. The average molecular weight is 267 g/mol. The van der Waals surface area contributed by atoms with Crippen molar-refractivity contribution in [2.75, 3.05) is 11.1 Å². The molecule has 3 N–H and O–H groups in total. The van der Waals surface area contributed by atoms with Crippen LogP contribution in [0.3, 0.4) is 0 Å². The third-order valence-corrected chi connectivity index (χ3v) is 2.98. The number of carbonyl (C=O) groups excluding carboxylic acids is 1. The molecule has 0 saturated carbocycles. The van der Waals surface area contributed by atoms with Gasteiger partial charge in [-0.15, -0.1) is 0 Å². The minimum absolute atomic E-state index is 0.122. The minimum atomic E-state index is -0.122. The number of amides is 1. The number of hydrogen-bond acceptors (Lipinski definition) is 4. The molecule has 0 aliphatic carbocycles. The summed E-state index contributed by atoms with van der Waals surface area (Å²) >= 11 is 0. The SMILES string of the molecule is Nc1ccc(NC(=O)Cc2coc3ccccc23)cn1. The lowest BCUT2D eigenvalue weighted by Gasteiger charge is -2.04. The van der Waals surface area contributed by atoms with Crippen LogP contribution in [0.15, 0.2) is 53.3 Å². The Morgan fingerprint density at radius 3 is 2.90 bits per heavy atom. The molecular formula is C15H13N3O2. The molecule has 5 heteroatoms. The highest BCUT2D eigenvalue weighted by atomic mass is 16.3. The second kappa shape index (κ2) is 5.05. The fourth-order valence-electron chi connectivity index (χ4n) is 2.03. The van der Waals surface area contributed by atoms with E-state index >= 15 is 0 Å². The highest BCUT2D eigenvalue weighted by Gasteiger charge is 2.10.